The summed E-state index contributed by atoms with van der Waals surface area (Å²) >= 11 is 0. The van der Waals surface area contributed by atoms with E-state index < -0.39 is 12.1 Å². The molecule has 1 aliphatic carbocycles. The Morgan fingerprint density at radius 1 is 1.44 bits per heavy atom. The summed E-state index contributed by atoms with van der Waals surface area (Å²) in [4.78, 5) is 11.0. The fraction of sp³-hybridized carbons (Fsp3) is 0.462. The van der Waals surface area contributed by atoms with E-state index in [1.807, 2.05) is 24.3 Å². The Morgan fingerprint density at radius 3 is 2.56 bits per heavy atom. The Labute approximate surface area is 95.0 Å². The summed E-state index contributed by atoms with van der Waals surface area (Å²) in [5.74, 6) is 0.325. The third-order valence-electron chi connectivity index (χ3n) is 2.96. The smallest absolute Gasteiger partial charge is 0.308 e. The molecular formula is C13H16O3. The van der Waals surface area contributed by atoms with Crippen molar-refractivity contribution < 1.29 is 14.6 Å². The minimum atomic E-state index is -0.763. The average Bonchev–Trinajstić information content (AvgIpc) is 3.13. The van der Waals surface area contributed by atoms with Gasteiger partial charge in [0.15, 0.2) is 0 Å². The number of esters is 1. The highest BCUT2D eigenvalue weighted by Gasteiger charge is 2.23. The van der Waals surface area contributed by atoms with E-state index in [9.17, 15) is 9.90 Å². The van der Waals surface area contributed by atoms with Crippen LogP contribution in [0, 0.1) is 0 Å². The molecule has 16 heavy (non-hydrogen) atoms. The molecule has 0 bridgehead atoms. The van der Waals surface area contributed by atoms with Gasteiger partial charge in [-0.3, -0.25) is 4.79 Å². The van der Waals surface area contributed by atoms with E-state index >= 15 is 0 Å². The van der Waals surface area contributed by atoms with Crippen LogP contribution in [0.1, 0.15) is 42.4 Å². The maximum atomic E-state index is 11.0. The molecule has 3 nitrogen and oxygen atoms in total. The molecule has 0 heterocycles. The van der Waals surface area contributed by atoms with Gasteiger partial charge in [-0.1, -0.05) is 24.3 Å². The van der Waals surface area contributed by atoms with Crippen molar-refractivity contribution in [2.45, 2.75) is 31.3 Å². The van der Waals surface area contributed by atoms with Gasteiger partial charge in [-0.15, -0.1) is 0 Å². The van der Waals surface area contributed by atoms with Crippen LogP contribution in [0.5, 0.6) is 0 Å². The molecule has 3 heteroatoms. The predicted molar refractivity (Wildman–Crippen MR) is 60.0 cm³/mol. The highest BCUT2D eigenvalue weighted by Crippen LogP contribution is 2.40. The molecular weight excluding hydrogens is 204 g/mol. The summed E-state index contributed by atoms with van der Waals surface area (Å²) in [5.41, 5.74) is 2.10. The number of aliphatic hydroxyl groups excluding tert-OH is 1. The van der Waals surface area contributed by atoms with Crippen LogP contribution in [-0.4, -0.2) is 18.2 Å². The van der Waals surface area contributed by atoms with Crippen molar-refractivity contribution in [3.05, 3.63) is 35.4 Å². The van der Waals surface area contributed by atoms with E-state index in [4.69, 9.17) is 0 Å². The van der Waals surface area contributed by atoms with Crippen LogP contribution in [0.25, 0.3) is 0 Å². The number of hydrogen-bond donors (Lipinski definition) is 1. The summed E-state index contributed by atoms with van der Waals surface area (Å²) in [6.07, 6.45) is 1.79. The molecule has 86 valence electrons. The number of ether oxygens (including phenoxy) is 1. The Balaban J connectivity index is 1.99. The number of aliphatic hydroxyl groups is 1. The lowest BCUT2D eigenvalue weighted by Crippen LogP contribution is -2.07. The fourth-order valence-corrected chi connectivity index (χ4v) is 1.77. The summed E-state index contributed by atoms with van der Waals surface area (Å²) in [7, 11) is 1.32. The Kier molecular flexibility index (Phi) is 3.25. The summed E-state index contributed by atoms with van der Waals surface area (Å²) in [6.45, 7) is 0. The lowest BCUT2D eigenvalue weighted by molar-refractivity contribution is -0.142. The Morgan fingerprint density at radius 2 is 2.06 bits per heavy atom. The lowest BCUT2D eigenvalue weighted by Gasteiger charge is -2.10. The number of methoxy groups -OCH3 is 1. The molecule has 0 unspecified atom stereocenters. The van der Waals surface area contributed by atoms with Crippen LogP contribution in [-0.2, 0) is 9.53 Å². The zero-order valence-electron chi connectivity index (χ0n) is 9.35. The SMILES string of the molecule is COC(=O)C[C@H](O)c1ccc(C2CC2)cc1. The molecule has 2 rings (SSSR count). The van der Waals surface area contributed by atoms with Gasteiger partial charge in [-0.05, 0) is 29.9 Å². The normalized spacial score (nSPS) is 16.9. The van der Waals surface area contributed by atoms with Crippen molar-refractivity contribution in [3.63, 3.8) is 0 Å². The largest absolute Gasteiger partial charge is 0.469 e. The first-order valence-corrected chi connectivity index (χ1v) is 5.55. The third kappa shape index (κ3) is 2.61. The number of carbonyl (C=O) groups excluding carboxylic acids is 1. The zero-order chi connectivity index (χ0) is 11.5. The van der Waals surface area contributed by atoms with Crippen molar-refractivity contribution in [2.75, 3.05) is 7.11 Å². The number of rotatable bonds is 4. The van der Waals surface area contributed by atoms with Gasteiger partial charge in [0.1, 0.15) is 0 Å². The van der Waals surface area contributed by atoms with Gasteiger partial charge in [0, 0.05) is 0 Å². The van der Waals surface area contributed by atoms with Gasteiger partial charge in [-0.2, -0.15) is 0 Å². The van der Waals surface area contributed by atoms with Gasteiger partial charge in [0.2, 0.25) is 0 Å². The molecule has 0 aliphatic heterocycles. The summed E-state index contributed by atoms with van der Waals surface area (Å²) in [6, 6.07) is 7.85. The van der Waals surface area contributed by atoms with E-state index in [1.54, 1.807) is 0 Å². The molecule has 1 N–H and O–H groups in total. The van der Waals surface area contributed by atoms with Crippen LogP contribution >= 0.6 is 0 Å². The molecule has 1 atom stereocenters. The van der Waals surface area contributed by atoms with Gasteiger partial charge < -0.3 is 9.84 Å². The average molecular weight is 220 g/mol. The molecule has 0 amide bonds. The maximum Gasteiger partial charge on any atom is 0.308 e. The molecule has 0 spiro atoms. The van der Waals surface area contributed by atoms with Crippen molar-refractivity contribution in [1.29, 1.82) is 0 Å². The second kappa shape index (κ2) is 4.66. The van der Waals surface area contributed by atoms with Crippen LogP contribution in [0.15, 0.2) is 24.3 Å². The topological polar surface area (TPSA) is 46.5 Å². The van der Waals surface area contributed by atoms with Crippen molar-refractivity contribution in [2.24, 2.45) is 0 Å². The highest BCUT2D eigenvalue weighted by molar-refractivity contribution is 5.70. The van der Waals surface area contributed by atoms with Crippen molar-refractivity contribution >= 4 is 5.97 Å². The van der Waals surface area contributed by atoms with Crippen molar-refractivity contribution in [1.82, 2.24) is 0 Å². The first kappa shape index (κ1) is 11.1. The second-order valence-corrected chi connectivity index (χ2v) is 4.24. The molecule has 1 fully saturated rings. The highest BCUT2D eigenvalue weighted by atomic mass is 16.5. The Hall–Kier alpha value is -1.35. The second-order valence-electron chi connectivity index (χ2n) is 4.24. The zero-order valence-corrected chi connectivity index (χ0v) is 9.35. The Bertz CT molecular complexity index is 365. The minimum absolute atomic E-state index is 0.0132. The van der Waals surface area contributed by atoms with E-state index in [0.717, 1.165) is 5.56 Å². The summed E-state index contributed by atoms with van der Waals surface area (Å²) < 4.78 is 4.52. The van der Waals surface area contributed by atoms with E-state index in [1.165, 1.54) is 25.5 Å². The van der Waals surface area contributed by atoms with Crippen LogP contribution < -0.4 is 0 Å². The molecule has 1 aromatic carbocycles. The van der Waals surface area contributed by atoms with Gasteiger partial charge >= 0.3 is 5.97 Å². The lowest BCUT2D eigenvalue weighted by atomic mass is 10.0. The standard InChI is InChI=1S/C13H16O3/c1-16-13(15)8-12(14)11-6-4-10(5-7-11)9-2-3-9/h4-7,9,12,14H,2-3,8H2,1H3/t12-/m0/s1. The molecule has 0 saturated heterocycles. The monoisotopic (exact) mass is 220 g/mol. The predicted octanol–water partition coefficient (Wildman–Crippen LogP) is 2.16. The number of carbonyl (C=O) groups is 1. The molecule has 0 aromatic heterocycles. The van der Waals surface area contributed by atoms with Gasteiger partial charge in [-0.25, -0.2) is 0 Å². The van der Waals surface area contributed by atoms with Gasteiger partial charge in [0.05, 0.1) is 19.6 Å². The summed E-state index contributed by atoms with van der Waals surface area (Å²) in [5, 5.41) is 9.77. The fourth-order valence-electron chi connectivity index (χ4n) is 1.77. The van der Waals surface area contributed by atoms with E-state index in [2.05, 4.69) is 4.74 Å². The third-order valence-corrected chi connectivity index (χ3v) is 2.96. The first-order chi connectivity index (χ1) is 7.70. The number of hydrogen-bond acceptors (Lipinski definition) is 3. The van der Waals surface area contributed by atoms with E-state index in [0.29, 0.717) is 5.92 Å². The molecule has 1 aromatic rings. The quantitative estimate of drug-likeness (QED) is 0.791. The minimum Gasteiger partial charge on any atom is -0.469 e. The molecule has 1 saturated carbocycles. The van der Waals surface area contributed by atoms with Crippen LogP contribution in [0.4, 0.5) is 0 Å². The van der Waals surface area contributed by atoms with Gasteiger partial charge in [0.25, 0.3) is 0 Å². The van der Waals surface area contributed by atoms with Crippen LogP contribution in [0.2, 0.25) is 0 Å². The molecule has 0 radical (unpaired) electrons. The van der Waals surface area contributed by atoms with E-state index in [-0.39, 0.29) is 6.42 Å². The molecule has 1 aliphatic rings. The van der Waals surface area contributed by atoms with Crippen molar-refractivity contribution in [3.8, 4) is 0 Å². The van der Waals surface area contributed by atoms with Crippen LogP contribution in [0.3, 0.4) is 0 Å². The maximum absolute atomic E-state index is 11.0. The number of benzene rings is 1. The first-order valence-electron chi connectivity index (χ1n) is 5.55.